The number of rotatable bonds is 4. The molecule has 22 heavy (non-hydrogen) atoms. The lowest BCUT2D eigenvalue weighted by molar-refractivity contribution is 0.0935. The molecule has 0 aliphatic carbocycles. The molecule has 1 atom stereocenters. The molecule has 3 aromatic rings. The van der Waals surface area contributed by atoms with Gasteiger partial charge in [0.1, 0.15) is 11.3 Å². The van der Waals surface area contributed by atoms with E-state index in [1.54, 1.807) is 4.68 Å². The van der Waals surface area contributed by atoms with Gasteiger partial charge in [-0.2, -0.15) is 0 Å². The zero-order valence-electron chi connectivity index (χ0n) is 12.0. The van der Waals surface area contributed by atoms with Crippen LogP contribution in [0.25, 0.3) is 11.0 Å². The summed E-state index contributed by atoms with van der Waals surface area (Å²) < 4.78 is 1.75. The van der Waals surface area contributed by atoms with Crippen molar-refractivity contribution in [2.45, 2.75) is 19.5 Å². The lowest BCUT2D eigenvalue weighted by atomic mass is 10.2. The Hall–Kier alpha value is -2.96. The topological polar surface area (TPSA) is 92.9 Å². The van der Waals surface area contributed by atoms with E-state index in [-0.39, 0.29) is 17.7 Å². The van der Waals surface area contributed by atoms with Gasteiger partial charge in [0.2, 0.25) is 0 Å². The smallest absolute Gasteiger partial charge is 0.253 e. The molecule has 2 aromatic heterocycles. The predicted octanol–water partition coefficient (Wildman–Crippen LogP) is 1.35. The van der Waals surface area contributed by atoms with Crippen LogP contribution in [-0.2, 0) is 6.54 Å². The van der Waals surface area contributed by atoms with E-state index in [0.29, 0.717) is 12.1 Å². The van der Waals surface area contributed by atoms with E-state index in [4.69, 9.17) is 0 Å². The van der Waals surface area contributed by atoms with Crippen molar-refractivity contribution in [3.8, 4) is 5.75 Å². The molecule has 7 heteroatoms. The van der Waals surface area contributed by atoms with E-state index in [1.807, 2.05) is 31.2 Å². The highest BCUT2D eigenvalue weighted by Crippen LogP contribution is 2.11. The third-order valence-corrected chi connectivity index (χ3v) is 3.23. The Bertz CT molecular complexity index is 814. The molecular weight excluding hydrogens is 282 g/mol. The van der Waals surface area contributed by atoms with Crippen molar-refractivity contribution < 1.29 is 9.90 Å². The Labute approximate surface area is 126 Å². The van der Waals surface area contributed by atoms with Crippen LogP contribution in [0.5, 0.6) is 5.75 Å². The summed E-state index contributed by atoms with van der Waals surface area (Å²) in [5, 5.41) is 20.4. The van der Waals surface area contributed by atoms with E-state index in [0.717, 1.165) is 11.0 Å². The first-order valence-corrected chi connectivity index (χ1v) is 6.86. The molecule has 0 aliphatic rings. The summed E-state index contributed by atoms with van der Waals surface area (Å²) in [7, 11) is 0. The zero-order valence-corrected chi connectivity index (χ0v) is 12.0. The molecule has 1 aromatic carbocycles. The zero-order chi connectivity index (χ0) is 15.5. The van der Waals surface area contributed by atoms with Crippen molar-refractivity contribution in [3.05, 3.63) is 48.3 Å². The van der Waals surface area contributed by atoms with Gasteiger partial charge >= 0.3 is 0 Å². The third kappa shape index (κ3) is 2.88. The Morgan fingerprint density at radius 1 is 1.36 bits per heavy atom. The van der Waals surface area contributed by atoms with E-state index in [9.17, 15) is 9.90 Å². The van der Waals surface area contributed by atoms with Crippen LogP contribution in [0.4, 0.5) is 0 Å². The number of para-hydroxylation sites is 1. The summed E-state index contributed by atoms with van der Waals surface area (Å²) in [6, 6.07) is 8.87. The second kappa shape index (κ2) is 5.80. The van der Waals surface area contributed by atoms with Crippen molar-refractivity contribution >= 4 is 16.9 Å². The van der Waals surface area contributed by atoms with Crippen molar-refractivity contribution in [1.29, 1.82) is 0 Å². The lowest BCUT2D eigenvalue weighted by Gasteiger charge is -2.14. The number of nitrogens with one attached hydrogen (secondary N) is 1. The summed E-state index contributed by atoms with van der Waals surface area (Å²) in [6.07, 6.45) is 2.69. The highest BCUT2D eigenvalue weighted by molar-refractivity contribution is 5.94. The molecule has 0 radical (unpaired) electrons. The molecule has 3 rings (SSSR count). The largest absolute Gasteiger partial charge is 0.506 e. The lowest BCUT2D eigenvalue weighted by Crippen LogP contribution is -2.36. The van der Waals surface area contributed by atoms with Gasteiger partial charge in [-0.05, 0) is 25.1 Å². The predicted molar refractivity (Wildman–Crippen MR) is 80.4 cm³/mol. The van der Waals surface area contributed by atoms with Gasteiger partial charge in [-0.3, -0.25) is 9.78 Å². The summed E-state index contributed by atoms with van der Waals surface area (Å²) in [5.41, 5.74) is 2.05. The number of aromatic nitrogens is 4. The second-order valence-electron chi connectivity index (χ2n) is 5.07. The van der Waals surface area contributed by atoms with E-state index >= 15 is 0 Å². The number of aromatic hydroxyl groups is 1. The van der Waals surface area contributed by atoms with Crippen LogP contribution in [0.3, 0.4) is 0 Å². The molecule has 2 N–H and O–H groups in total. The molecular formula is C15H15N5O2. The number of hydrogen-bond acceptors (Lipinski definition) is 5. The normalized spacial score (nSPS) is 12.2. The number of nitrogens with zero attached hydrogens (tertiary/aromatic N) is 4. The molecule has 7 nitrogen and oxygen atoms in total. The maximum Gasteiger partial charge on any atom is 0.253 e. The van der Waals surface area contributed by atoms with Crippen molar-refractivity contribution in [2.24, 2.45) is 0 Å². The number of benzene rings is 1. The van der Waals surface area contributed by atoms with Gasteiger partial charge in [-0.25, -0.2) is 4.68 Å². The Balaban J connectivity index is 1.70. The molecule has 112 valence electrons. The second-order valence-corrected chi connectivity index (χ2v) is 5.07. The quantitative estimate of drug-likeness (QED) is 0.758. The van der Waals surface area contributed by atoms with E-state index < -0.39 is 0 Å². The highest BCUT2D eigenvalue weighted by atomic mass is 16.3. The van der Waals surface area contributed by atoms with Crippen LogP contribution in [0.15, 0.2) is 42.7 Å². The van der Waals surface area contributed by atoms with Crippen LogP contribution in [0, 0.1) is 0 Å². The molecule has 1 amide bonds. The van der Waals surface area contributed by atoms with Gasteiger partial charge in [-0.15, -0.1) is 5.10 Å². The number of hydrogen-bond donors (Lipinski definition) is 2. The van der Waals surface area contributed by atoms with Gasteiger partial charge in [-0.1, -0.05) is 17.3 Å². The molecule has 0 bridgehead atoms. The summed E-state index contributed by atoms with van der Waals surface area (Å²) in [4.78, 5) is 15.9. The summed E-state index contributed by atoms with van der Waals surface area (Å²) in [5.74, 6) is -0.331. The molecule has 0 spiro atoms. The summed E-state index contributed by atoms with van der Waals surface area (Å²) in [6.45, 7) is 2.38. The van der Waals surface area contributed by atoms with Crippen LogP contribution >= 0.6 is 0 Å². The third-order valence-electron chi connectivity index (χ3n) is 3.23. The monoisotopic (exact) mass is 297 g/mol. The van der Waals surface area contributed by atoms with Crippen LogP contribution in [-0.4, -0.2) is 37.0 Å². The first-order chi connectivity index (χ1) is 10.6. The van der Waals surface area contributed by atoms with Gasteiger partial charge in [0.15, 0.2) is 0 Å². The summed E-state index contributed by atoms with van der Waals surface area (Å²) >= 11 is 0. The highest BCUT2D eigenvalue weighted by Gasteiger charge is 2.13. The molecule has 0 saturated heterocycles. The minimum absolute atomic E-state index is 0.0393. The van der Waals surface area contributed by atoms with Crippen LogP contribution in [0.2, 0.25) is 0 Å². The van der Waals surface area contributed by atoms with Crippen LogP contribution < -0.4 is 5.32 Å². The standard InChI is InChI=1S/C15H15N5O2/c1-10(17-15(22)11-6-12(21)8-16-7-11)9-20-14-5-3-2-4-13(14)18-19-20/h2-8,10,21H,9H2,1H3,(H,17,22)/t10-/m0/s1. The maximum absolute atomic E-state index is 12.1. The number of fused-ring (bicyclic) bond motifs is 1. The number of carbonyl (C=O) groups is 1. The first-order valence-electron chi connectivity index (χ1n) is 6.86. The van der Waals surface area contributed by atoms with Gasteiger partial charge in [0.25, 0.3) is 5.91 Å². The average molecular weight is 297 g/mol. The van der Waals surface area contributed by atoms with Gasteiger partial charge < -0.3 is 10.4 Å². The Morgan fingerprint density at radius 3 is 3.00 bits per heavy atom. The number of pyridine rings is 1. The molecule has 0 aliphatic heterocycles. The first kappa shape index (κ1) is 14.0. The SMILES string of the molecule is C[C@@H](Cn1nnc2ccccc21)NC(=O)c1cncc(O)c1. The average Bonchev–Trinajstić information content (AvgIpc) is 2.90. The Kier molecular flexibility index (Phi) is 3.69. The molecule has 2 heterocycles. The molecule has 0 fully saturated rings. The maximum atomic E-state index is 12.1. The fraction of sp³-hybridized carbons (Fsp3) is 0.200. The molecule has 0 saturated carbocycles. The number of amides is 1. The fourth-order valence-corrected chi connectivity index (χ4v) is 2.22. The van der Waals surface area contributed by atoms with E-state index in [2.05, 4.69) is 20.6 Å². The minimum atomic E-state index is -0.291. The van der Waals surface area contributed by atoms with Gasteiger partial charge in [0.05, 0.1) is 23.8 Å². The van der Waals surface area contributed by atoms with E-state index in [1.165, 1.54) is 18.5 Å². The van der Waals surface area contributed by atoms with Crippen molar-refractivity contribution in [1.82, 2.24) is 25.3 Å². The van der Waals surface area contributed by atoms with Crippen molar-refractivity contribution in [2.75, 3.05) is 0 Å². The van der Waals surface area contributed by atoms with Gasteiger partial charge in [0, 0.05) is 12.2 Å². The number of carbonyl (C=O) groups excluding carboxylic acids is 1. The van der Waals surface area contributed by atoms with Crippen molar-refractivity contribution in [3.63, 3.8) is 0 Å². The fourth-order valence-electron chi connectivity index (χ4n) is 2.22. The molecule has 0 unspecified atom stereocenters. The Morgan fingerprint density at radius 2 is 2.18 bits per heavy atom. The van der Waals surface area contributed by atoms with Crippen LogP contribution in [0.1, 0.15) is 17.3 Å². The minimum Gasteiger partial charge on any atom is -0.506 e.